The number of carbonyl (C=O) groups is 2. The summed E-state index contributed by atoms with van der Waals surface area (Å²) in [4.78, 5) is 32.3. The predicted molar refractivity (Wildman–Crippen MR) is 106 cm³/mol. The number of nitrogens with zero attached hydrogens (tertiary/aromatic N) is 3. The van der Waals surface area contributed by atoms with Crippen LogP contribution in [0.25, 0.3) is 0 Å². The second kappa shape index (κ2) is 11.1. The molecule has 2 heterocycles. The first-order chi connectivity index (χ1) is 13.8. The van der Waals surface area contributed by atoms with E-state index in [0.717, 1.165) is 12.8 Å². The number of aliphatic hydroxyl groups excluding tert-OH is 2. The van der Waals surface area contributed by atoms with Gasteiger partial charge in [0.25, 0.3) is 0 Å². The molecule has 2 aliphatic heterocycles. The van der Waals surface area contributed by atoms with E-state index in [4.69, 9.17) is 15.9 Å². The van der Waals surface area contributed by atoms with Gasteiger partial charge in [0.05, 0.1) is 12.2 Å². The number of rotatable bonds is 11. The lowest BCUT2D eigenvalue weighted by Crippen LogP contribution is -2.40. The first-order valence-corrected chi connectivity index (χ1v) is 9.99. The number of carboxylic acids is 2. The number of β-amino-alcohol motifs (C(OH)–C–C–N with tert-alkyl or cyclic N) is 1. The van der Waals surface area contributed by atoms with Crippen molar-refractivity contribution in [2.24, 2.45) is 15.7 Å². The number of nitrogens with two attached hydrogens (primary N) is 1. The molecule has 0 spiro atoms. The number of fused-ring (bicyclic) bond motifs is 1. The van der Waals surface area contributed by atoms with Crippen molar-refractivity contribution >= 4 is 23.7 Å². The minimum absolute atomic E-state index is 0.133. The number of aliphatic hydroxyl groups is 2. The molecule has 4 atom stereocenters. The number of nitrogens with one attached hydrogen (secondary N) is 1. The largest absolute Gasteiger partial charge is 0.481 e. The quantitative estimate of drug-likeness (QED) is 0.231. The molecule has 0 radical (unpaired) electrons. The summed E-state index contributed by atoms with van der Waals surface area (Å²) in [6.07, 6.45) is 1.57. The van der Waals surface area contributed by atoms with E-state index in [1.807, 2.05) is 4.90 Å². The van der Waals surface area contributed by atoms with Gasteiger partial charge in [-0.3, -0.25) is 9.59 Å². The first kappa shape index (κ1) is 23.0. The number of aliphatic imine (C=N–C) groups is 2. The standard InChI is InChI=1S/C18H31N5O6/c19-11(17(28)29)5-4-7-20-18-21-12-9-13(24)14(25)10-23(16(12)22-18)8-3-1-2-6-15(26)27/h11-14,24-25H,1-10,19H2,(H,20,21)(H,26,27)(H,28,29)/t11-,12+,13-,14+/m0/s1. The molecule has 11 heteroatoms. The van der Waals surface area contributed by atoms with E-state index in [2.05, 4.69) is 15.3 Å². The fraction of sp³-hybridized carbons (Fsp3) is 0.778. The number of hydrogen-bond donors (Lipinski definition) is 6. The van der Waals surface area contributed by atoms with Gasteiger partial charge in [-0.15, -0.1) is 0 Å². The number of amidine groups is 1. The van der Waals surface area contributed by atoms with Gasteiger partial charge in [-0.05, 0) is 25.7 Å². The van der Waals surface area contributed by atoms with Crippen LogP contribution in [0.15, 0.2) is 9.98 Å². The van der Waals surface area contributed by atoms with Crippen molar-refractivity contribution in [1.29, 1.82) is 0 Å². The van der Waals surface area contributed by atoms with Crippen LogP contribution in [0.2, 0.25) is 0 Å². The number of unbranched alkanes of at least 4 members (excludes halogenated alkanes) is 2. The molecule has 0 aliphatic carbocycles. The first-order valence-electron chi connectivity index (χ1n) is 9.99. The van der Waals surface area contributed by atoms with Crippen LogP contribution in [0.1, 0.15) is 44.9 Å². The average molecular weight is 413 g/mol. The molecule has 7 N–H and O–H groups in total. The molecular weight excluding hydrogens is 382 g/mol. The highest BCUT2D eigenvalue weighted by Crippen LogP contribution is 2.22. The van der Waals surface area contributed by atoms with Crippen molar-refractivity contribution in [2.45, 2.75) is 69.2 Å². The fourth-order valence-electron chi connectivity index (χ4n) is 3.38. The number of guanidine groups is 1. The topological polar surface area (TPSA) is 181 Å². The molecule has 2 rings (SSSR count). The van der Waals surface area contributed by atoms with E-state index >= 15 is 0 Å². The third-order valence-electron chi connectivity index (χ3n) is 5.05. The molecule has 164 valence electrons. The van der Waals surface area contributed by atoms with Crippen molar-refractivity contribution in [1.82, 2.24) is 10.2 Å². The highest BCUT2D eigenvalue weighted by atomic mass is 16.4. The molecule has 2 aliphatic rings. The summed E-state index contributed by atoms with van der Waals surface area (Å²) in [5, 5.41) is 40.9. The maximum absolute atomic E-state index is 10.7. The fourth-order valence-corrected chi connectivity index (χ4v) is 3.38. The Labute approximate surface area is 169 Å². The van der Waals surface area contributed by atoms with Crippen LogP contribution in [-0.2, 0) is 9.59 Å². The summed E-state index contributed by atoms with van der Waals surface area (Å²) in [5.74, 6) is -0.735. The van der Waals surface area contributed by atoms with Crippen LogP contribution in [0.5, 0.6) is 0 Å². The summed E-state index contributed by atoms with van der Waals surface area (Å²) >= 11 is 0. The summed E-state index contributed by atoms with van der Waals surface area (Å²) in [6, 6.07) is -1.25. The van der Waals surface area contributed by atoms with Crippen LogP contribution >= 0.6 is 0 Å². The smallest absolute Gasteiger partial charge is 0.320 e. The minimum Gasteiger partial charge on any atom is -0.481 e. The summed E-state index contributed by atoms with van der Waals surface area (Å²) < 4.78 is 0. The van der Waals surface area contributed by atoms with Crippen molar-refractivity contribution in [3.8, 4) is 0 Å². The Morgan fingerprint density at radius 2 is 1.93 bits per heavy atom. The second-order valence-corrected chi connectivity index (χ2v) is 7.47. The van der Waals surface area contributed by atoms with E-state index in [0.29, 0.717) is 44.1 Å². The summed E-state index contributed by atoms with van der Waals surface area (Å²) in [6.45, 7) is 1.31. The minimum atomic E-state index is -1.03. The monoisotopic (exact) mass is 413 g/mol. The lowest BCUT2D eigenvalue weighted by Gasteiger charge is -2.25. The SMILES string of the molecule is N[C@@H](CCCNC1=N[C@@H]2C[C@H](O)[C@H](O)CN(CCCCCC(=O)O)C2=N1)C(=O)O. The van der Waals surface area contributed by atoms with E-state index in [1.165, 1.54) is 0 Å². The Morgan fingerprint density at radius 3 is 2.62 bits per heavy atom. The highest BCUT2D eigenvalue weighted by molar-refractivity contribution is 6.04. The zero-order valence-corrected chi connectivity index (χ0v) is 16.4. The average Bonchev–Trinajstić information content (AvgIpc) is 3.01. The molecular formula is C18H31N5O6. The van der Waals surface area contributed by atoms with Gasteiger partial charge in [0, 0.05) is 32.5 Å². The number of likely N-dealkylation sites (tertiary alicyclic amines) is 1. The third kappa shape index (κ3) is 7.26. The van der Waals surface area contributed by atoms with Gasteiger partial charge in [0.15, 0.2) is 0 Å². The zero-order valence-electron chi connectivity index (χ0n) is 16.4. The Kier molecular flexibility index (Phi) is 8.80. The van der Waals surface area contributed by atoms with Crippen LogP contribution < -0.4 is 11.1 Å². The number of aliphatic carboxylic acids is 2. The highest BCUT2D eigenvalue weighted by Gasteiger charge is 2.36. The van der Waals surface area contributed by atoms with Gasteiger partial charge in [0.2, 0.25) is 5.96 Å². The van der Waals surface area contributed by atoms with Crippen LogP contribution in [0.3, 0.4) is 0 Å². The Morgan fingerprint density at radius 1 is 1.17 bits per heavy atom. The van der Waals surface area contributed by atoms with Crippen LogP contribution in [0.4, 0.5) is 0 Å². The molecule has 29 heavy (non-hydrogen) atoms. The van der Waals surface area contributed by atoms with Crippen molar-refractivity contribution in [2.75, 3.05) is 19.6 Å². The molecule has 0 aromatic carbocycles. The number of hydrogen-bond acceptors (Lipinski definition) is 9. The Balaban J connectivity index is 1.89. The molecule has 0 saturated carbocycles. The van der Waals surface area contributed by atoms with Gasteiger partial charge >= 0.3 is 11.9 Å². The van der Waals surface area contributed by atoms with Gasteiger partial charge < -0.3 is 36.4 Å². The van der Waals surface area contributed by atoms with E-state index in [1.54, 1.807) is 0 Å². The summed E-state index contributed by atoms with van der Waals surface area (Å²) in [5.41, 5.74) is 5.48. The van der Waals surface area contributed by atoms with Crippen molar-refractivity contribution in [3.05, 3.63) is 0 Å². The summed E-state index contributed by atoms with van der Waals surface area (Å²) in [7, 11) is 0. The lowest BCUT2D eigenvalue weighted by molar-refractivity contribution is -0.139. The van der Waals surface area contributed by atoms with Gasteiger partial charge in [-0.2, -0.15) is 4.99 Å². The van der Waals surface area contributed by atoms with Crippen molar-refractivity contribution in [3.63, 3.8) is 0 Å². The van der Waals surface area contributed by atoms with Gasteiger partial charge in [-0.1, -0.05) is 6.42 Å². The molecule has 0 aromatic rings. The number of carboxylic acid groups (broad SMARTS) is 2. The molecule has 0 amide bonds. The molecule has 1 fully saturated rings. The third-order valence-corrected chi connectivity index (χ3v) is 5.05. The molecule has 1 saturated heterocycles. The maximum Gasteiger partial charge on any atom is 0.320 e. The second-order valence-electron chi connectivity index (χ2n) is 7.47. The maximum atomic E-state index is 10.7. The normalized spacial score (nSPS) is 24.9. The lowest BCUT2D eigenvalue weighted by atomic mass is 10.1. The molecule has 0 aromatic heterocycles. The van der Waals surface area contributed by atoms with Crippen molar-refractivity contribution < 1.29 is 30.0 Å². The zero-order chi connectivity index (χ0) is 21.4. The van der Waals surface area contributed by atoms with E-state index in [9.17, 15) is 19.8 Å². The predicted octanol–water partition coefficient (Wildman–Crippen LogP) is -1.02. The molecule has 0 bridgehead atoms. The van der Waals surface area contributed by atoms with E-state index < -0.39 is 30.2 Å². The molecule has 11 nitrogen and oxygen atoms in total. The van der Waals surface area contributed by atoms with Crippen LogP contribution in [-0.4, -0.2) is 93.0 Å². The van der Waals surface area contributed by atoms with E-state index in [-0.39, 0.29) is 25.4 Å². The van der Waals surface area contributed by atoms with Crippen LogP contribution in [0, 0.1) is 0 Å². The molecule has 0 unspecified atom stereocenters. The van der Waals surface area contributed by atoms with Gasteiger partial charge in [0.1, 0.15) is 17.9 Å². The Hall–Kier alpha value is -2.24. The Bertz CT molecular complexity index is 640. The van der Waals surface area contributed by atoms with Gasteiger partial charge in [-0.25, -0.2) is 4.99 Å².